The minimum absolute atomic E-state index is 0.0107. The van der Waals surface area contributed by atoms with E-state index >= 15 is 0 Å². The maximum atomic E-state index is 11.9. The van der Waals surface area contributed by atoms with E-state index in [1.807, 2.05) is 42.5 Å². The summed E-state index contributed by atoms with van der Waals surface area (Å²) in [7, 11) is 0. The Balaban J connectivity index is 1.85. The summed E-state index contributed by atoms with van der Waals surface area (Å²) >= 11 is 2.19. The summed E-state index contributed by atoms with van der Waals surface area (Å²) in [5, 5.41) is 2.79. The smallest absolute Gasteiger partial charge is 0.224 e. The van der Waals surface area contributed by atoms with Crippen LogP contribution in [0.5, 0.6) is 0 Å². The van der Waals surface area contributed by atoms with Crippen LogP contribution in [0.25, 0.3) is 0 Å². The van der Waals surface area contributed by atoms with Gasteiger partial charge in [0.15, 0.2) is 5.78 Å². The SMILES string of the molecule is O=C(CCC(=O)c1ccccc1)Nc1cccc(I)c1. The summed E-state index contributed by atoms with van der Waals surface area (Å²) < 4.78 is 1.06. The normalized spacial score (nSPS) is 10.1. The van der Waals surface area contributed by atoms with E-state index in [-0.39, 0.29) is 24.5 Å². The highest BCUT2D eigenvalue weighted by Gasteiger charge is 2.09. The van der Waals surface area contributed by atoms with Crippen molar-refractivity contribution >= 4 is 40.0 Å². The topological polar surface area (TPSA) is 46.2 Å². The molecule has 0 radical (unpaired) electrons. The van der Waals surface area contributed by atoms with Crippen LogP contribution in [0, 0.1) is 3.57 Å². The summed E-state index contributed by atoms with van der Waals surface area (Å²) in [5.41, 5.74) is 1.41. The zero-order chi connectivity index (χ0) is 14.4. The molecule has 2 rings (SSSR count). The lowest BCUT2D eigenvalue weighted by molar-refractivity contribution is -0.116. The largest absolute Gasteiger partial charge is 0.326 e. The lowest BCUT2D eigenvalue weighted by Crippen LogP contribution is -2.13. The molecule has 0 fully saturated rings. The Bertz CT molecular complexity index is 611. The molecule has 0 bridgehead atoms. The number of hydrogen-bond acceptors (Lipinski definition) is 2. The lowest BCUT2D eigenvalue weighted by atomic mass is 10.1. The third kappa shape index (κ3) is 4.45. The number of hydrogen-bond donors (Lipinski definition) is 1. The summed E-state index contributed by atoms with van der Waals surface area (Å²) in [5.74, 6) is -0.153. The summed E-state index contributed by atoms with van der Waals surface area (Å²) in [6, 6.07) is 16.6. The van der Waals surface area contributed by atoms with Gasteiger partial charge in [-0.2, -0.15) is 0 Å². The van der Waals surface area contributed by atoms with Crippen LogP contribution < -0.4 is 5.32 Å². The number of benzene rings is 2. The molecule has 1 N–H and O–H groups in total. The first-order valence-corrected chi connectivity index (χ1v) is 7.37. The number of ketones is 1. The molecule has 102 valence electrons. The van der Waals surface area contributed by atoms with Gasteiger partial charge in [0, 0.05) is 27.7 Å². The molecule has 0 aliphatic rings. The minimum Gasteiger partial charge on any atom is -0.326 e. The van der Waals surface area contributed by atoms with Crippen molar-refractivity contribution in [3.8, 4) is 0 Å². The van der Waals surface area contributed by atoms with Crippen LogP contribution in [0.15, 0.2) is 54.6 Å². The highest BCUT2D eigenvalue weighted by molar-refractivity contribution is 14.1. The van der Waals surface area contributed by atoms with Crippen molar-refractivity contribution in [2.45, 2.75) is 12.8 Å². The molecule has 2 aromatic rings. The highest BCUT2D eigenvalue weighted by Crippen LogP contribution is 2.13. The first-order valence-electron chi connectivity index (χ1n) is 6.29. The van der Waals surface area contributed by atoms with E-state index in [2.05, 4.69) is 27.9 Å². The number of carbonyl (C=O) groups excluding carboxylic acids is 2. The molecule has 0 aliphatic heterocycles. The monoisotopic (exact) mass is 379 g/mol. The molecule has 0 unspecified atom stereocenters. The second kappa shape index (κ2) is 7.19. The highest BCUT2D eigenvalue weighted by atomic mass is 127. The van der Waals surface area contributed by atoms with Gasteiger partial charge in [0.25, 0.3) is 0 Å². The number of nitrogens with one attached hydrogen (secondary N) is 1. The fourth-order valence-electron chi connectivity index (χ4n) is 1.79. The summed E-state index contributed by atoms with van der Waals surface area (Å²) in [6.07, 6.45) is 0.416. The molecule has 0 aliphatic carbocycles. The molecular weight excluding hydrogens is 365 g/mol. The first-order chi connectivity index (χ1) is 9.65. The maximum absolute atomic E-state index is 11.9. The Kier molecular flexibility index (Phi) is 5.29. The van der Waals surface area contributed by atoms with E-state index in [1.54, 1.807) is 12.1 Å². The maximum Gasteiger partial charge on any atom is 0.224 e. The van der Waals surface area contributed by atoms with E-state index in [9.17, 15) is 9.59 Å². The van der Waals surface area contributed by atoms with E-state index in [0.717, 1.165) is 9.26 Å². The summed E-state index contributed by atoms with van der Waals surface area (Å²) in [4.78, 5) is 23.7. The predicted molar refractivity (Wildman–Crippen MR) is 87.8 cm³/mol. The van der Waals surface area contributed by atoms with Crippen molar-refractivity contribution in [3.63, 3.8) is 0 Å². The molecule has 0 saturated heterocycles. The first kappa shape index (κ1) is 14.7. The van der Waals surface area contributed by atoms with E-state index < -0.39 is 0 Å². The van der Waals surface area contributed by atoms with Crippen LogP contribution >= 0.6 is 22.6 Å². The standard InChI is InChI=1S/C16H14INO2/c17-13-7-4-8-14(11-13)18-16(20)10-9-15(19)12-5-2-1-3-6-12/h1-8,11H,9-10H2,(H,18,20). The summed E-state index contributed by atoms with van der Waals surface area (Å²) in [6.45, 7) is 0. The van der Waals surface area contributed by atoms with Gasteiger partial charge in [0.05, 0.1) is 0 Å². The van der Waals surface area contributed by atoms with Gasteiger partial charge in [-0.1, -0.05) is 36.4 Å². The van der Waals surface area contributed by atoms with Crippen molar-refractivity contribution in [3.05, 3.63) is 63.7 Å². The van der Waals surface area contributed by atoms with E-state index in [4.69, 9.17) is 0 Å². The van der Waals surface area contributed by atoms with Crippen molar-refractivity contribution in [1.82, 2.24) is 0 Å². The number of anilines is 1. The lowest BCUT2D eigenvalue weighted by Gasteiger charge is -2.05. The second-order valence-electron chi connectivity index (χ2n) is 4.35. The molecule has 2 aromatic carbocycles. The van der Waals surface area contributed by atoms with Crippen molar-refractivity contribution in [1.29, 1.82) is 0 Å². The Morgan fingerprint density at radius 1 is 0.950 bits per heavy atom. The zero-order valence-corrected chi connectivity index (χ0v) is 13.0. The molecule has 0 aromatic heterocycles. The van der Waals surface area contributed by atoms with Crippen LogP contribution in [0.3, 0.4) is 0 Å². The quantitative estimate of drug-likeness (QED) is 0.633. The molecule has 0 atom stereocenters. The van der Waals surface area contributed by atoms with Gasteiger partial charge in [-0.05, 0) is 40.8 Å². The molecule has 20 heavy (non-hydrogen) atoms. The fourth-order valence-corrected chi connectivity index (χ4v) is 2.33. The molecule has 0 saturated carbocycles. The second-order valence-corrected chi connectivity index (χ2v) is 5.59. The van der Waals surface area contributed by atoms with Crippen molar-refractivity contribution in [2.24, 2.45) is 0 Å². The number of halogens is 1. The van der Waals surface area contributed by atoms with Gasteiger partial charge in [0.1, 0.15) is 0 Å². The number of Topliss-reactive ketones (excluding diaryl/α,β-unsaturated/α-hetero) is 1. The molecule has 1 amide bonds. The fraction of sp³-hybridized carbons (Fsp3) is 0.125. The zero-order valence-electron chi connectivity index (χ0n) is 10.8. The van der Waals surface area contributed by atoms with Gasteiger partial charge in [-0.3, -0.25) is 9.59 Å². The average Bonchev–Trinajstić information content (AvgIpc) is 2.46. The van der Waals surface area contributed by atoms with Crippen LogP contribution in [0.2, 0.25) is 0 Å². The van der Waals surface area contributed by atoms with Crippen LogP contribution in [-0.2, 0) is 4.79 Å². The number of carbonyl (C=O) groups is 2. The van der Waals surface area contributed by atoms with Crippen LogP contribution in [0.4, 0.5) is 5.69 Å². The van der Waals surface area contributed by atoms with Crippen molar-refractivity contribution < 1.29 is 9.59 Å². The Hall–Kier alpha value is -1.69. The van der Waals surface area contributed by atoms with Gasteiger partial charge in [-0.15, -0.1) is 0 Å². The molecule has 0 heterocycles. The Morgan fingerprint density at radius 2 is 1.70 bits per heavy atom. The Morgan fingerprint density at radius 3 is 2.40 bits per heavy atom. The van der Waals surface area contributed by atoms with Gasteiger partial charge < -0.3 is 5.32 Å². The molecular formula is C16H14INO2. The third-order valence-electron chi connectivity index (χ3n) is 2.78. The van der Waals surface area contributed by atoms with E-state index in [1.165, 1.54) is 0 Å². The van der Waals surface area contributed by atoms with Gasteiger partial charge in [-0.25, -0.2) is 0 Å². The average molecular weight is 379 g/mol. The number of rotatable bonds is 5. The Labute approximate surface area is 131 Å². The van der Waals surface area contributed by atoms with Gasteiger partial charge >= 0.3 is 0 Å². The number of amides is 1. The minimum atomic E-state index is -0.142. The van der Waals surface area contributed by atoms with E-state index in [0.29, 0.717) is 5.56 Å². The van der Waals surface area contributed by atoms with Gasteiger partial charge in [0.2, 0.25) is 5.91 Å². The van der Waals surface area contributed by atoms with Crippen LogP contribution in [-0.4, -0.2) is 11.7 Å². The third-order valence-corrected chi connectivity index (χ3v) is 3.45. The predicted octanol–water partition coefficient (Wildman–Crippen LogP) is 3.89. The molecule has 3 nitrogen and oxygen atoms in total. The van der Waals surface area contributed by atoms with Crippen molar-refractivity contribution in [2.75, 3.05) is 5.32 Å². The van der Waals surface area contributed by atoms with Crippen LogP contribution in [0.1, 0.15) is 23.2 Å². The molecule has 4 heteroatoms. The molecule has 0 spiro atoms.